The zero-order valence-corrected chi connectivity index (χ0v) is 10.9. The van der Waals surface area contributed by atoms with E-state index in [-0.39, 0.29) is 22.5 Å². The molecule has 1 aromatic heterocycles. The fourth-order valence-electron chi connectivity index (χ4n) is 2.27. The lowest BCUT2D eigenvalue weighted by molar-refractivity contribution is 0.409. The molecular formula is C15H12O5. The average molecular weight is 272 g/mol. The van der Waals surface area contributed by atoms with Crippen LogP contribution in [0, 0.1) is 6.92 Å². The molecule has 2 aromatic carbocycles. The summed E-state index contributed by atoms with van der Waals surface area (Å²) >= 11 is 0. The third-order valence-electron chi connectivity index (χ3n) is 3.32. The zero-order valence-electron chi connectivity index (χ0n) is 10.9. The van der Waals surface area contributed by atoms with Crippen molar-refractivity contribution < 1.29 is 19.4 Å². The van der Waals surface area contributed by atoms with Crippen molar-refractivity contribution in [2.75, 3.05) is 7.11 Å². The Morgan fingerprint density at radius 2 is 1.80 bits per heavy atom. The number of aryl methyl sites for hydroxylation is 1. The number of hydrogen-bond donors (Lipinski definition) is 2. The highest BCUT2D eigenvalue weighted by Crippen LogP contribution is 2.34. The van der Waals surface area contributed by atoms with Crippen molar-refractivity contribution in [3.8, 4) is 17.2 Å². The van der Waals surface area contributed by atoms with Crippen LogP contribution in [0.5, 0.6) is 17.2 Å². The van der Waals surface area contributed by atoms with Crippen molar-refractivity contribution in [2.45, 2.75) is 6.92 Å². The van der Waals surface area contributed by atoms with Gasteiger partial charge in [-0.15, -0.1) is 0 Å². The third kappa shape index (κ3) is 1.67. The molecule has 0 spiro atoms. The van der Waals surface area contributed by atoms with E-state index in [2.05, 4.69) is 0 Å². The number of methoxy groups -OCH3 is 1. The lowest BCUT2D eigenvalue weighted by atomic mass is 10.0. The Labute approximate surface area is 113 Å². The van der Waals surface area contributed by atoms with Gasteiger partial charge in [-0.3, -0.25) is 0 Å². The second kappa shape index (κ2) is 4.16. The van der Waals surface area contributed by atoms with Gasteiger partial charge in [-0.2, -0.15) is 0 Å². The third-order valence-corrected chi connectivity index (χ3v) is 3.32. The van der Waals surface area contributed by atoms with Crippen LogP contribution < -0.4 is 10.4 Å². The summed E-state index contributed by atoms with van der Waals surface area (Å²) in [6.07, 6.45) is 0. The Kier molecular flexibility index (Phi) is 2.57. The number of ether oxygens (including phenoxy) is 1. The number of phenolic OH excluding ortho intramolecular Hbond substituents is 2. The molecule has 0 atom stereocenters. The molecule has 0 saturated carbocycles. The second-order valence-corrected chi connectivity index (χ2v) is 4.59. The number of hydrogen-bond acceptors (Lipinski definition) is 5. The van der Waals surface area contributed by atoms with Crippen LogP contribution in [0.1, 0.15) is 5.56 Å². The number of aromatic hydroxyl groups is 2. The van der Waals surface area contributed by atoms with Crippen LogP contribution in [0.25, 0.3) is 21.7 Å². The number of fused-ring (bicyclic) bond motifs is 3. The minimum Gasteiger partial charge on any atom is -0.508 e. The zero-order chi connectivity index (χ0) is 14.4. The molecule has 20 heavy (non-hydrogen) atoms. The summed E-state index contributed by atoms with van der Waals surface area (Å²) in [4.78, 5) is 12.0. The van der Waals surface area contributed by atoms with E-state index in [0.29, 0.717) is 22.1 Å². The fourth-order valence-corrected chi connectivity index (χ4v) is 2.27. The molecule has 0 aliphatic heterocycles. The van der Waals surface area contributed by atoms with E-state index in [4.69, 9.17) is 9.15 Å². The van der Waals surface area contributed by atoms with E-state index >= 15 is 0 Å². The molecule has 5 nitrogen and oxygen atoms in total. The van der Waals surface area contributed by atoms with E-state index in [0.717, 1.165) is 0 Å². The number of benzene rings is 2. The molecule has 0 amide bonds. The van der Waals surface area contributed by atoms with Gasteiger partial charge in [0.15, 0.2) is 0 Å². The highest BCUT2D eigenvalue weighted by molar-refractivity contribution is 6.07. The average Bonchev–Trinajstić information content (AvgIpc) is 2.40. The second-order valence-electron chi connectivity index (χ2n) is 4.59. The van der Waals surface area contributed by atoms with Crippen molar-refractivity contribution >= 4 is 21.7 Å². The monoisotopic (exact) mass is 272 g/mol. The Morgan fingerprint density at radius 1 is 1.05 bits per heavy atom. The normalized spacial score (nSPS) is 11.1. The predicted molar refractivity (Wildman–Crippen MR) is 74.6 cm³/mol. The Balaban J connectivity index is 2.60. The largest absolute Gasteiger partial charge is 0.508 e. The summed E-state index contributed by atoms with van der Waals surface area (Å²) in [5, 5.41) is 20.9. The maximum Gasteiger partial charge on any atom is 0.347 e. The van der Waals surface area contributed by atoms with E-state index in [1.807, 2.05) is 0 Å². The van der Waals surface area contributed by atoms with Crippen LogP contribution in [0.2, 0.25) is 0 Å². The molecular weight excluding hydrogens is 260 g/mol. The van der Waals surface area contributed by atoms with E-state index in [9.17, 15) is 15.0 Å². The van der Waals surface area contributed by atoms with Gasteiger partial charge < -0.3 is 19.4 Å². The molecule has 1 heterocycles. The van der Waals surface area contributed by atoms with Crippen molar-refractivity contribution in [3.63, 3.8) is 0 Å². The van der Waals surface area contributed by atoms with Gasteiger partial charge in [0.2, 0.25) is 0 Å². The summed E-state index contributed by atoms with van der Waals surface area (Å²) in [5.41, 5.74) is 0.254. The summed E-state index contributed by atoms with van der Waals surface area (Å²) in [5.74, 6) is 0.292. The SMILES string of the molecule is COc1cc(O)c2c(=O)oc3cc(O)c(C)cc3c2c1. The molecule has 0 saturated heterocycles. The minimum absolute atomic E-state index is 0.0483. The Bertz CT molecular complexity index is 892. The molecule has 102 valence electrons. The lowest BCUT2D eigenvalue weighted by Gasteiger charge is -2.08. The lowest BCUT2D eigenvalue weighted by Crippen LogP contribution is -2.01. The molecule has 2 N–H and O–H groups in total. The topological polar surface area (TPSA) is 79.9 Å². The van der Waals surface area contributed by atoms with Crippen LogP contribution in [0.3, 0.4) is 0 Å². The fraction of sp³-hybridized carbons (Fsp3) is 0.133. The smallest absolute Gasteiger partial charge is 0.347 e. The Morgan fingerprint density at radius 3 is 2.50 bits per heavy atom. The van der Waals surface area contributed by atoms with Crippen molar-refractivity contribution in [1.82, 2.24) is 0 Å². The molecule has 0 radical (unpaired) electrons. The van der Waals surface area contributed by atoms with Gasteiger partial charge in [-0.25, -0.2) is 4.79 Å². The maximum atomic E-state index is 12.0. The molecule has 0 bridgehead atoms. The van der Waals surface area contributed by atoms with E-state index < -0.39 is 5.63 Å². The molecule has 0 fully saturated rings. The van der Waals surface area contributed by atoms with Crippen molar-refractivity contribution in [3.05, 3.63) is 40.2 Å². The molecule has 0 aliphatic rings. The summed E-state index contributed by atoms with van der Waals surface area (Å²) < 4.78 is 10.3. The van der Waals surface area contributed by atoms with E-state index in [1.165, 1.54) is 19.2 Å². The maximum absolute atomic E-state index is 12.0. The highest BCUT2D eigenvalue weighted by atomic mass is 16.5. The van der Waals surface area contributed by atoms with Gasteiger partial charge in [0.1, 0.15) is 28.2 Å². The van der Waals surface area contributed by atoms with Gasteiger partial charge in [0.05, 0.1) is 7.11 Å². The van der Waals surface area contributed by atoms with Crippen LogP contribution in [0.4, 0.5) is 0 Å². The van der Waals surface area contributed by atoms with E-state index in [1.54, 1.807) is 19.1 Å². The van der Waals surface area contributed by atoms with Crippen LogP contribution in [-0.4, -0.2) is 17.3 Å². The Hall–Kier alpha value is -2.69. The van der Waals surface area contributed by atoms with Gasteiger partial charge in [-0.05, 0) is 24.6 Å². The summed E-state index contributed by atoms with van der Waals surface area (Å²) in [6, 6.07) is 6.11. The molecule has 0 unspecified atom stereocenters. The predicted octanol–water partition coefficient (Wildman–Crippen LogP) is 2.67. The molecule has 0 aliphatic carbocycles. The van der Waals surface area contributed by atoms with Gasteiger partial charge in [0.25, 0.3) is 0 Å². The van der Waals surface area contributed by atoms with Crippen LogP contribution in [0.15, 0.2) is 33.5 Å². The molecule has 5 heteroatoms. The van der Waals surface area contributed by atoms with Crippen LogP contribution >= 0.6 is 0 Å². The quantitative estimate of drug-likeness (QED) is 0.526. The summed E-state index contributed by atoms with van der Waals surface area (Å²) in [7, 11) is 1.48. The first-order valence-corrected chi connectivity index (χ1v) is 5.98. The van der Waals surface area contributed by atoms with Crippen molar-refractivity contribution in [1.29, 1.82) is 0 Å². The standard InChI is InChI=1S/C15H12O5/c1-7-3-9-10-4-8(19-2)5-12(17)14(10)15(18)20-13(9)6-11(7)16/h3-6,16-17H,1-2H3. The molecule has 3 rings (SSSR count). The summed E-state index contributed by atoms with van der Waals surface area (Å²) in [6.45, 7) is 1.74. The van der Waals surface area contributed by atoms with Gasteiger partial charge in [-0.1, -0.05) is 0 Å². The number of rotatable bonds is 1. The number of phenols is 2. The van der Waals surface area contributed by atoms with Gasteiger partial charge >= 0.3 is 5.63 Å². The van der Waals surface area contributed by atoms with Gasteiger partial charge in [0, 0.05) is 22.9 Å². The first-order chi connectivity index (χ1) is 9.51. The first kappa shape index (κ1) is 12.3. The van der Waals surface area contributed by atoms with Crippen molar-refractivity contribution in [2.24, 2.45) is 0 Å². The van der Waals surface area contributed by atoms with Crippen LogP contribution in [-0.2, 0) is 0 Å². The first-order valence-electron chi connectivity index (χ1n) is 5.98. The highest BCUT2D eigenvalue weighted by Gasteiger charge is 2.14. The minimum atomic E-state index is -0.657. The molecule has 3 aromatic rings.